The molecule has 0 aliphatic carbocycles. The molecule has 0 aromatic carbocycles. The van der Waals surface area contributed by atoms with Crippen LogP contribution >= 0.6 is 0 Å². The molecule has 0 nitrogen and oxygen atoms in total. The Morgan fingerprint density at radius 1 is 1.15 bits per heavy atom. The molecular formula is C13H24. The first kappa shape index (κ1) is 14.7. The minimum atomic E-state index is 1.15. The summed E-state index contributed by atoms with van der Waals surface area (Å²) >= 11 is 0. The maximum atomic E-state index is 3.77. The molecule has 0 aromatic rings. The predicted octanol–water partition coefficient (Wildman–Crippen LogP) is 4.89. The smallest absolute Gasteiger partial charge is 0.0276 e. The summed E-state index contributed by atoms with van der Waals surface area (Å²) in [6.45, 7) is 14.1. The molecular weight excluding hydrogens is 156 g/mol. The van der Waals surface area contributed by atoms with Crippen LogP contribution in [0.4, 0.5) is 0 Å². The van der Waals surface area contributed by atoms with E-state index in [0.717, 1.165) is 6.42 Å². The first-order chi connectivity index (χ1) is 6.29. The zero-order chi connectivity index (χ0) is 10.7. The van der Waals surface area contributed by atoms with Gasteiger partial charge in [-0.2, -0.15) is 0 Å². The van der Waals surface area contributed by atoms with Gasteiger partial charge in [-0.15, -0.1) is 0 Å². The highest BCUT2D eigenvalue weighted by molar-refractivity contribution is 5.37. The van der Waals surface area contributed by atoms with Gasteiger partial charge in [0, 0.05) is 0 Å². The molecule has 0 aromatic heterocycles. The van der Waals surface area contributed by atoms with E-state index in [-0.39, 0.29) is 0 Å². The van der Waals surface area contributed by atoms with Crippen LogP contribution < -0.4 is 0 Å². The van der Waals surface area contributed by atoms with Crippen LogP contribution in [0.15, 0.2) is 36.0 Å². The van der Waals surface area contributed by atoms with Crippen molar-refractivity contribution in [2.24, 2.45) is 0 Å². The molecule has 0 aliphatic rings. The Labute approximate surface area is 84.1 Å². The number of allylic oxidation sites excluding steroid dienone is 5. The molecule has 0 heteroatoms. The van der Waals surface area contributed by atoms with Crippen molar-refractivity contribution < 1.29 is 0 Å². The van der Waals surface area contributed by atoms with E-state index >= 15 is 0 Å². The van der Waals surface area contributed by atoms with Gasteiger partial charge < -0.3 is 0 Å². The van der Waals surface area contributed by atoms with Gasteiger partial charge in [0.1, 0.15) is 0 Å². The van der Waals surface area contributed by atoms with Crippen LogP contribution in [0.5, 0.6) is 0 Å². The third kappa shape index (κ3) is 6.39. The van der Waals surface area contributed by atoms with E-state index in [9.17, 15) is 0 Å². The summed E-state index contributed by atoms with van der Waals surface area (Å²) in [7, 11) is 0. The van der Waals surface area contributed by atoms with Crippen molar-refractivity contribution in [2.45, 2.75) is 47.5 Å². The number of hydrogen-bond acceptors (Lipinski definition) is 0. The van der Waals surface area contributed by atoms with Gasteiger partial charge in [0.15, 0.2) is 0 Å². The van der Waals surface area contributed by atoms with Gasteiger partial charge >= 0.3 is 0 Å². The van der Waals surface area contributed by atoms with Crippen molar-refractivity contribution in [2.75, 3.05) is 0 Å². The molecule has 0 atom stereocenters. The number of hydrogen-bond donors (Lipinski definition) is 0. The Morgan fingerprint density at radius 2 is 1.69 bits per heavy atom. The second kappa shape index (κ2) is 11.2. The van der Waals surface area contributed by atoms with Gasteiger partial charge in [-0.05, 0) is 31.4 Å². The maximum absolute atomic E-state index is 3.77. The molecule has 0 spiro atoms. The second-order valence-corrected chi connectivity index (χ2v) is 2.51. The van der Waals surface area contributed by atoms with Gasteiger partial charge in [-0.3, -0.25) is 0 Å². The van der Waals surface area contributed by atoms with Crippen molar-refractivity contribution in [3.05, 3.63) is 36.0 Å². The highest BCUT2D eigenvalue weighted by Crippen LogP contribution is 2.16. The normalized spacial score (nSPS) is 11.8. The molecule has 0 N–H and O–H groups in total. The van der Waals surface area contributed by atoms with Crippen molar-refractivity contribution in [1.29, 1.82) is 0 Å². The molecule has 0 unspecified atom stereocenters. The third-order valence-corrected chi connectivity index (χ3v) is 1.77. The van der Waals surface area contributed by atoms with Crippen LogP contribution in [0.2, 0.25) is 0 Å². The lowest BCUT2D eigenvalue weighted by atomic mass is 10.0. The molecule has 0 saturated carbocycles. The summed E-state index contributed by atoms with van der Waals surface area (Å²) in [5.74, 6) is 0. The Kier molecular flexibility index (Phi) is 12.7. The van der Waals surface area contributed by atoms with Crippen LogP contribution in [-0.4, -0.2) is 0 Å². The standard InChI is InChI=1S/C11H18.C2H6/c1-5-9-11(8-4)10(6-2)7-3;1-2/h6-8H,2,5,9H2,1,3-4H3;1-2H3/b10-7-,11-8-;. The van der Waals surface area contributed by atoms with E-state index in [2.05, 4.69) is 39.5 Å². The molecule has 0 saturated heterocycles. The van der Waals surface area contributed by atoms with Crippen LogP contribution in [0.1, 0.15) is 47.5 Å². The third-order valence-electron chi connectivity index (χ3n) is 1.77. The summed E-state index contributed by atoms with van der Waals surface area (Å²) in [5, 5.41) is 0. The molecule has 0 radical (unpaired) electrons. The molecule has 0 amide bonds. The summed E-state index contributed by atoms with van der Waals surface area (Å²) in [6, 6.07) is 0. The zero-order valence-electron chi connectivity index (χ0n) is 9.85. The Bertz CT molecular complexity index is 170. The Hall–Kier alpha value is -0.780. The summed E-state index contributed by atoms with van der Waals surface area (Å²) < 4.78 is 0. The van der Waals surface area contributed by atoms with E-state index in [1.165, 1.54) is 17.6 Å². The van der Waals surface area contributed by atoms with Crippen molar-refractivity contribution in [1.82, 2.24) is 0 Å². The minimum absolute atomic E-state index is 1.15. The molecule has 76 valence electrons. The lowest BCUT2D eigenvalue weighted by molar-refractivity contribution is 0.915. The average Bonchev–Trinajstić information content (AvgIpc) is 2.21. The highest BCUT2D eigenvalue weighted by Gasteiger charge is 1.96. The van der Waals surface area contributed by atoms with Crippen molar-refractivity contribution in [3.63, 3.8) is 0 Å². The fraction of sp³-hybridized carbons (Fsp3) is 0.538. The lowest BCUT2D eigenvalue weighted by Gasteiger charge is -2.04. The fourth-order valence-corrected chi connectivity index (χ4v) is 1.16. The summed E-state index contributed by atoms with van der Waals surface area (Å²) in [5.41, 5.74) is 2.68. The number of rotatable bonds is 4. The zero-order valence-corrected chi connectivity index (χ0v) is 9.85. The SMILES string of the molecule is C=CC(=C/C)/C(=C\C)CCC.CC. The van der Waals surface area contributed by atoms with E-state index in [4.69, 9.17) is 0 Å². The van der Waals surface area contributed by atoms with Crippen LogP contribution in [-0.2, 0) is 0 Å². The van der Waals surface area contributed by atoms with Crippen molar-refractivity contribution >= 4 is 0 Å². The summed E-state index contributed by atoms with van der Waals surface area (Å²) in [6.07, 6.45) is 8.55. The molecule has 0 heterocycles. The average molecular weight is 180 g/mol. The van der Waals surface area contributed by atoms with E-state index < -0.39 is 0 Å². The van der Waals surface area contributed by atoms with E-state index in [1.807, 2.05) is 19.9 Å². The largest absolute Gasteiger partial charge is 0.0985 e. The van der Waals surface area contributed by atoms with Crippen LogP contribution in [0, 0.1) is 0 Å². The Morgan fingerprint density at radius 3 is 1.92 bits per heavy atom. The fourth-order valence-electron chi connectivity index (χ4n) is 1.16. The Balaban J connectivity index is 0. The molecule has 0 fully saturated rings. The molecule has 0 aliphatic heterocycles. The highest BCUT2D eigenvalue weighted by atomic mass is 14.0. The molecule has 13 heavy (non-hydrogen) atoms. The first-order valence-electron chi connectivity index (χ1n) is 5.24. The van der Waals surface area contributed by atoms with Gasteiger partial charge in [0.25, 0.3) is 0 Å². The molecule has 0 rings (SSSR count). The van der Waals surface area contributed by atoms with E-state index in [0.29, 0.717) is 0 Å². The van der Waals surface area contributed by atoms with Gasteiger partial charge in [-0.25, -0.2) is 0 Å². The maximum Gasteiger partial charge on any atom is -0.0276 e. The predicted molar refractivity (Wildman–Crippen MR) is 64.0 cm³/mol. The van der Waals surface area contributed by atoms with E-state index in [1.54, 1.807) is 0 Å². The van der Waals surface area contributed by atoms with Crippen LogP contribution in [0.25, 0.3) is 0 Å². The topological polar surface area (TPSA) is 0 Å². The second-order valence-electron chi connectivity index (χ2n) is 2.51. The minimum Gasteiger partial charge on any atom is -0.0985 e. The first-order valence-corrected chi connectivity index (χ1v) is 5.24. The lowest BCUT2D eigenvalue weighted by Crippen LogP contribution is -1.85. The van der Waals surface area contributed by atoms with Gasteiger partial charge in [-0.1, -0.05) is 52.0 Å². The van der Waals surface area contributed by atoms with Gasteiger partial charge in [0.05, 0.1) is 0 Å². The summed E-state index contributed by atoms with van der Waals surface area (Å²) in [4.78, 5) is 0. The quantitative estimate of drug-likeness (QED) is 0.540. The van der Waals surface area contributed by atoms with Crippen molar-refractivity contribution in [3.8, 4) is 0 Å². The van der Waals surface area contributed by atoms with Gasteiger partial charge in [0.2, 0.25) is 0 Å². The molecule has 0 bridgehead atoms. The van der Waals surface area contributed by atoms with Crippen LogP contribution in [0.3, 0.4) is 0 Å². The monoisotopic (exact) mass is 180 g/mol.